The molecular weight excluding hydrogens is 375 g/mol. The van der Waals surface area contributed by atoms with Crippen molar-refractivity contribution >= 4 is 5.91 Å². The van der Waals surface area contributed by atoms with E-state index in [-0.39, 0.29) is 11.7 Å². The number of aryl methyl sites for hydroxylation is 3. The van der Waals surface area contributed by atoms with E-state index in [0.29, 0.717) is 30.3 Å². The van der Waals surface area contributed by atoms with Gasteiger partial charge < -0.3 is 9.88 Å². The first-order chi connectivity index (χ1) is 14.0. The van der Waals surface area contributed by atoms with Crippen molar-refractivity contribution in [2.75, 3.05) is 6.54 Å². The molecule has 9 nitrogen and oxygen atoms in total. The zero-order chi connectivity index (χ0) is 20.4. The van der Waals surface area contributed by atoms with E-state index in [0.717, 1.165) is 31.0 Å². The van der Waals surface area contributed by atoms with E-state index in [9.17, 15) is 9.18 Å². The molecule has 152 valence electrons. The number of aromatic nitrogens is 7. The number of carbonyl (C=O) groups excluding carboxylic acids is 1. The fourth-order valence-electron chi connectivity index (χ4n) is 3.76. The Morgan fingerprint density at radius 2 is 2.14 bits per heavy atom. The van der Waals surface area contributed by atoms with Crippen LogP contribution >= 0.6 is 0 Å². The summed E-state index contributed by atoms with van der Waals surface area (Å²) < 4.78 is 17.2. The van der Waals surface area contributed by atoms with Gasteiger partial charge in [-0.3, -0.25) is 4.79 Å². The van der Waals surface area contributed by atoms with Crippen LogP contribution in [0.25, 0.3) is 0 Å². The van der Waals surface area contributed by atoms with Crippen molar-refractivity contribution in [1.29, 1.82) is 0 Å². The maximum atomic E-state index is 13.6. The van der Waals surface area contributed by atoms with Crippen LogP contribution in [0.4, 0.5) is 4.39 Å². The number of nitrogens with zero attached hydrogens (tertiary/aromatic N) is 7. The topological polar surface area (TPSA) is 103 Å². The zero-order valence-corrected chi connectivity index (χ0v) is 16.4. The number of halogens is 1. The van der Waals surface area contributed by atoms with Gasteiger partial charge in [0, 0.05) is 25.9 Å². The maximum absolute atomic E-state index is 13.6. The van der Waals surface area contributed by atoms with E-state index < -0.39 is 6.04 Å². The van der Waals surface area contributed by atoms with Crippen LogP contribution in [0, 0.1) is 25.6 Å². The third-order valence-electron chi connectivity index (χ3n) is 5.37. The molecule has 0 bridgehead atoms. The molecular formula is C19H23FN8O. The highest BCUT2D eigenvalue weighted by molar-refractivity contribution is 5.80. The Balaban J connectivity index is 1.45. The summed E-state index contributed by atoms with van der Waals surface area (Å²) in [4.78, 5) is 13.0. The summed E-state index contributed by atoms with van der Waals surface area (Å²) in [6, 6.07) is 5.58. The van der Waals surface area contributed by atoms with Gasteiger partial charge in [-0.15, -0.1) is 15.3 Å². The van der Waals surface area contributed by atoms with Crippen molar-refractivity contribution in [3.8, 4) is 0 Å². The molecule has 0 fully saturated rings. The van der Waals surface area contributed by atoms with E-state index in [2.05, 4.69) is 35.6 Å². The van der Waals surface area contributed by atoms with E-state index >= 15 is 0 Å². The van der Waals surface area contributed by atoms with Crippen LogP contribution in [0.2, 0.25) is 0 Å². The average Bonchev–Trinajstić information content (AvgIpc) is 3.30. The van der Waals surface area contributed by atoms with Gasteiger partial charge in [0.05, 0.1) is 0 Å². The fourth-order valence-corrected chi connectivity index (χ4v) is 3.76. The smallest absolute Gasteiger partial charge is 0.245 e. The molecule has 1 N–H and O–H groups in total. The summed E-state index contributed by atoms with van der Waals surface area (Å²) in [5.41, 5.74) is 0.711. The zero-order valence-electron chi connectivity index (χ0n) is 16.4. The van der Waals surface area contributed by atoms with Gasteiger partial charge in [0.2, 0.25) is 5.91 Å². The molecule has 1 aliphatic rings. The second kappa shape index (κ2) is 8.06. The number of hydrogen-bond acceptors (Lipinski definition) is 6. The molecule has 3 aromatic rings. The number of rotatable bonds is 6. The lowest BCUT2D eigenvalue weighted by atomic mass is 9.98. The van der Waals surface area contributed by atoms with Crippen LogP contribution in [0.3, 0.4) is 0 Å². The number of tetrazole rings is 1. The third-order valence-corrected chi connectivity index (χ3v) is 5.37. The van der Waals surface area contributed by atoms with Crippen LogP contribution in [-0.4, -0.2) is 47.4 Å². The highest BCUT2D eigenvalue weighted by atomic mass is 19.1. The number of benzene rings is 1. The first-order valence-corrected chi connectivity index (χ1v) is 9.66. The minimum absolute atomic E-state index is 0.184. The molecule has 2 atom stereocenters. The number of hydrogen-bond donors (Lipinski definition) is 1. The molecule has 29 heavy (non-hydrogen) atoms. The molecule has 1 amide bonds. The van der Waals surface area contributed by atoms with Crippen molar-refractivity contribution in [3.63, 3.8) is 0 Å². The molecule has 1 aliphatic heterocycles. The molecule has 4 rings (SSSR count). The van der Waals surface area contributed by atoms with Crippen LogP contribution in [0.5, 0.6) is 0 Å². The van der Waals surface area contributed by atoms with Gasteiger partial charge in [0.25, 0.3) is 0 Å². The van der Waals surface area contributed by atoms with Gasteiger partial charge >= 0.3 is 0 Å². The molecule has 2 aromatic heterocycles. The second-order valence-corrected chi connectivity index (χ2v) is 7.44. The van der Waals surface area contributed by atoms with Gasteiger partial charge in [0.15, 0.2) is 0 Å². The van der Waals surface area contributed by atoms with E-state index in [1.54, 1.807) is 19.1 Å². The number of fused-ring (bicyclic) bond motifs is 1. The Bertz CT molecular complexity index is 1010. The standard InChI is InChI=1S/C19H23FN8O/c1-12-22-24-18-7-6-15(11-27(12)18)10-21-19(29)17(28-13(2)23-25-26-28)9-14-4-3-5-16(20)8-14/h3-5,8,15,17H,6-7,9-11H2,1-2H3,(H,21,29). The SMILES string of the molecule is Cc1nnnn1C(Cc1cccc(F)c1)C(=O)NCC1CCc2nnc(C)n2C1. The Labute approximate surface area is 167 Å². The molecule has 0 aliphatic carbocycles. The Morgan fingerprint density at radius 3 is 2.90 bits per heavy atom. The molecule has 0 saturated carbocycles. The molecule has 0 radical (unpaired) electrons. The Kier molecular flexibility index (Phi) is 5.32. The summed E-state index contributed by atoms with van der Waals surface area (Å²) >= 11 is 0. The maximum Gasteiger partial charge on any atom is 0.245 e. The third kappa shape index (κ3) is 4.15. The minimum atomic E-state index is -0.650. The normalized spacial score (nSPS) is 17.0. The van der Waals surface area contributed by atoms with Crippen molar-refractivity contribution in [2.45, 2.75) is 45.7 Å². The molecule has 1 aromatic carbocycles. The average molecular weight is 398 g/mol. The number of nitrogens with one attached hydrogen (secondary N) is 1. The fraction of sp³-hybridized carbons (Fsp3) is 0.474. The summed E-state index contributed by atoms with van der Waals surface area (Å²) in [5.74, 6) is 2.20. The van der Waals surface area contributed by atoms with Crippen molar-refractivity contribution in [3.05, 3.63) is 53.1 Å². The molecule has 2 unspecified atom stereocenters. The first-order valence-electron chi connectivity index (χ1n) is 9.66. The monoisotopic (exact) mass is 398 g/mol. The van der Waals surface area contributed by atoms with E-state index in [1.165, 1.54) is 16.8 Å². The Morgan fingerprint density at radius 1 is 1.28 bits per heavy atom. The van der Waals surface area contributed by atoms with Crippen LogP contribution in [0.1, 0.15) is 35.5 Å². The van der Waals surface area contributed by atoms with Gasteiger partial charge in [-0.1, -0.05) is 12.1 Å². The van der Waals surface area contributed by atoms with Gasteiger partial charge in [0.1, 0.15) is 29.3 Å². The summed E-state index contributed by atoms with van der Waals surface area (Å²) in [5, 5.41) is 22.9. The highest BCUT2D eigenvalue weighted by Gasteiger charge is 2.27. The van der Waals surface area contributed by atoms with Crippen LogP contribution in [-0.2, 0) is 24.2 Å². The lowest BCUT2D eigenvalue weighted by Crippen LogP contribution is -2.39. The van der Waals surface area contributed by atoms with E-state index in [4.69, 9.17) is 0 Å². The van der Waals surface area contributed by atoms with Crippen molar-refractivity contribution < 1.29 is 9.18 Å². The van der Waals surface area contributed by atoms with Crippen LogP contribution < -0.4 is 5.32 Å². The lowest BCUT2D eigenvalue weighted by molar-refractivity contribution is -0.125. The largest absolute Gasteiger partial charge is 0.354 e. The summed E-state index contributed by atoms with van der Waals surface area (Å²) in [6.45, 7) is 5.00. The number of amides is 1. The van der Waals surface area contributed by atoms with E-state index in [1.807, 2.05) is 6.92 Å². The predicted octanol–water partition coefficient (Wildman–Crippen LogP) is 1.18. The molecule has 10 heteroatoms. The first kappa shape index (κ1) is 19.2. The number of carbonyl (C=O) groups is 1. The summed E-state index contributed by atoms with van der Waals surface area (Å²) in [6.07, 6.45) is 2.09. The molecule has 0 saturated heterocycles. The minimum Gasteiger partial charge on any atom is -0.354 e. The summed E-state index contributed by atoms with van der Waals surface area (Å²) in [7, 11) is 0. The van der Waals surface area contributed by atoms with Crippen molar-refractivity contribution in [1.82, 2.24) is 40.3 Å². The molecule has 0 spiro atoms. The predicted molar refractivity (Wildman–Crippen MR) is 101 cm³/mol. The molecule has 3 heterocycles. The Hall–Kier alpha value is -3.17. The van der Waals surface area contributed by atoms with Gasteiger partial charge in [-0.05, 0) is 54.3 Å². The quantitative estimate of drug-likeness (QED) is 0.669. The van der Waals surface area contributed by atoms with Crippen LogP contribution in [0.15, 0.2) is 24.3 Å². The lowest BCUT2D eigenvalue weighted by Gasteiger charge is -2.25. The van der Waals surface area contributed by atoms with Gasteiger partial charge in [-0.2, -0.15) is 0 Å². The van der Waals surface area contributed by atoms with Gasteiger partial charge in [-0.25, -0.2) is 9.07 Å². The second-order valence-electron chi connectivity index (χ2n) is 7.44. The van der Waals surface area contributed by atoms with Crippen molar-refractivity contribution in [2.24, 2.45) is 5.92 Å². The highest BCUT2D eigenvalue weighted by Crippen LogP contribution is 2.20.